The fraction of sp³-hybridized carbons (Fsp3) is 0. The first kappa shape index (κ1) is 23.5. The number of carbonyl (C=O) groups is 4. The summed E-state index contributed by atoms with van der Waals surface area (Å²) in [6.45, 7) is 0. The average molecular weight is 624 g/mol. The van der Waals surface area contributed by atoms with E-state index in [1.165, 1.54) is 30.3 Å². The van der Waals surface area contributed by atoms with Crippen LogP contribution < -0.4 is 9.05 Å². The van der Waals surface area contributed by atoms with Gasteiger partial charge in [-0.25, -0.2) is 19.2 Å². The zero-order chi connectivity index (χ0) is 24.5. The van der Waals surface area contributed by atoms with Crippen molar-refractivity contribution in [2.75, 3.05) is 0 Å². The molecule has 2 heterocycles. The van der Waals surface area contributed by atoms with Gasteiger partial charge in [-0.05, 0) is 71.1 Å². The molecule has 0 spiro atoms. The Labute approximate surface area is 213 Å². The van der Waals surface area contributed by atoms with Gasteiger partial charge in [0.1, 0.15) is 16.9 Å². The summed E-state index contributed by atoms with van der Waals surface area (Å²) in [4.78, 5) is 49.1. The van der Waals surface area contributed by atoms with Crippen LogP contribution in [0.25, 0.3) is 0 Å². The molecule has 10 nitrogen and oxygen atoms in total. The van der Waals surface area contributed by atoms with E-state index in [9.17, 15) is 19.2 Å². The summed E-state index contributed by atoms with van der Waals surface area (Å²) < 4.78 is 32.1. The van der Waals surface area contributed by atoms with Crippen LogP contribution in [0, 0.1) is 3.57 Å². The SMILES string of the molecule is O=C(OP1OC(=O)c2ccccc2O1)c1ccc(C(=O)OP2OC(=O)c3cccc(I)c3O2)cc1. The highest BCUT2D eigenvalue weighted by molar-refractivity contribution is 14.1. The molecule has 176 valence electrons. The molecule has 0 bridgehead atoms. The van der Waals surface area contributed by atoms with E-state index in [0.717, 1.165) is 0 Å². The Morgan fingerprint density at radius 1 is 0.657 bits per heavy atom. The van der Waals surface area contributed by atoms with Crippen molar-refractivity contribution in [2.45, 2.75) is 0 Å². The predicted molar refractivity (Wildman–Crippen MR) is 129 cm³/mol. The first-order chi connectivity index (χ1) is 16.9. The van der Waals surface area contributed by atoms with Crippen LogP contribution in [0.15, 0.2) is 66.7 Å². The van der Waals surface area contributed by atoms with E-state index >= 15 is 0 Å². The van der Waals surface area contributed by atoms with Crippen molar-refractivity contribution in [2.24, 2.45) is 0 Å². The van der Waals surface area contributed by atoms with Crippen LogP contribution in [-0.4, -0.2) is 23.9 Å². The van der Waals surface area contributed by atoms with Gasteiger partial charge < -0.3 is 27.1 Å². The second-order valence-corrected chi connectivity index (χ2v) is 9.99. The Morgan fingerprint density at radius 3 is 1.86 bits per heavy atom. The van der Waals surface area contributed by atoms with Crippen molar-refractivity contribution in [1.82, 2.24) is 0 Å². The first-order valence-corrected chi connectivity index (χ1v) is 13.0. The molecular formula is C22H11IO10P2. The fourth-order valence-corrected chi connectivity index (χ4v) is 5.58. The number of rotatable bonds is 4. The lowest BCUT2D eigenvalue weighted by Crippen LogP contribution is -2.16. The van der Waals surface area contributed by atoms with Gasteiger partial charge in [-0.15, -0.1) is 0 Å². The van der Waals surface area contributed by atoms with E-state index in [1.807, 2.05) is 22.6 Å². The summed E-state index contributed by atoms with van der Waals surface area (Å²) >= 11 is 2.00. The van der Waals surface area contributed by atoms with E-state index in [4.69, 9.17) is 27.1 Å². The third kappa shape index (κ3) is 4.93. The molecule has 3 aromatic carbocycles. The molecule has 0 radical (unpaired) electrons. The highest BCUT2D eigenvalue weighted by Gasteiger charge is 2.36. The number of carbonyl (C=O) groups excluding carboxylic acids is 4. The highest BCUT2D eigenvalue weighted by Crippen LogP contribution is 2.49. The zero-order valence-corrected chi connectivity index (χ0v) is 21.2. The predicted octanol–water partition coefficient (Wildman–Crippen LogP) is 5.56. The van der Waals surface area contributed by atoms with Gasteiger partial charge in [0.15, 0.2) is 5.75 Å². The maximum Gasteiger partial charge on any atom is 0.535 e. The van der Waals surface area contributed by atoms with E-state index in [-0.39, 0.29) is 33.8 Å². The van der Waals surface area contributed by atoms with E-state index in [2.05, 4.69) is 0 Å². The van der Waals surface area contributed by atoms with Crippen molar-refractivity contribution in [3.05, 3.63) is 92.6 Å². The lowest BCUT2D eigenvalue weighted by atomic mass is 10.1. The molecule has 0 aromatic heterocycles. The number of halogens is 1. The van der Waals surface area contributed by atoms with Crippen LogP contribution in [0.5, 0.6) is 11.5 Å². The largest absolute Gasteiger partial charge is 0.535 e. The standard InChI is InChI=1S/C22H11IO10P2/c23-16-6-3-5-15-18(16)29-35(33-22(15)27)31-20(25)13-10-8-12(9-11-13)19(24)30-34-28-17-7-2-1-4-14(17)21(26)32-34/h1-11H. The van der Waals surface area contributed by atoms with Gasteiger partial charge in [0.05, 0.1) is 14.7 Å². The Bertz CT molecular complexity index is 1360. The third-order valence-electron chi connectivity index (χ3n) is 4.62. The lowest BCUT2D eigenvalue weighted by Gasteiger charge is -2.22. The van der Waals surface area contributed by atoms with Crippen LogP contribution in [0.3, 0.4) is 0 Å². The molecule has 2 unspecified atom stereocenters. The molecule has 0 amide bonds. The summed E-state index contributed by atoms with van der Waals surface area (Å²) in [6, 6.07) is 16.7. The summed E-state index contributed by atoms with van der Waals surface area (Å²) in [6.07, 6.45) is 0. The molecule has 35 heavy (non-hydrogen) atoms. The first-order valence-electron chi connectivity index (χ1n) is 9.72. The minimum absolute atomic E-state index is 0.0806. The molecule has 13 heteroatoms. The van der Waals surface area contributed by atoms with Crippen LogP contribution in [0.1, 0.15) is 41.4 Å². The van der Waals surface area contributed by atoms with Gasteiger partial charge in [-0.1, -0.05) is 18.2 Å². The topological polar surface area (TPSA) is 124 Å². The summed E-state index contributed by atoms with van der Waals surface area (Å²) in [5, 5.41) is 0. The van der Waals surface area contributed by atoms with Gasteiger partial charge in [0.2, 0.25) is 0 Å². The van der Waals surface area contributed by atoms with E-state index in [1.54, 1.807) is 36.4 Å². The number of hydrogen-bond acceptors (Lipinski definition) is 10. The average Bonchev–Trinajstić information content (AvgIpc) is 2.85. The quantitative estimate of drug-likeness (QED) is 0.270. The third-order valence-corrected chi connectivity index (χ3v) is 7.41. The van der Waals surface area contributed by atoms with Gasteiger partial charge in [0, 0.05) is 0 Å². The minimum Gasteiger partial charge on any atom is -0.407 e. The Kier molecular flexibility index (Phi) is 6.55. The van der Waals surface area contributed by atoms with Gasteiger partial charge >= 0.3 is 41.1 Å². The molecule has 0 saturated heterocycles. The van der Waals surface area contributed by atoms with Crippen LogP contribution >= 0.6 is 39.8 Å². The van der Waals surface area contributed by atoms with Crippen molar-refractivity contribution < 1.29 is 46.3 Å². The van der Waals surface area contributed by atoms with Gasteiger partial charge in [0.25, 0.3) is 0 Å². The molecule has 2 aliphatic heterocycles. The Hall–Kier alpha value is -3.27. The lowest BCUT2D eigenvalue weighted by molar-refractivity contribution is 0.0584. The van der Waals surface area contributed by atoms with Crippen molar-refractivity contribution >= 4 is 63.7 Å². The molecule has 3 aromatic rings. The maximum atomic E-state index is 12.5. The molecule has 0 aliphatic carbocycles. The van der Waals surface area contributed by atoms with Crippen LogP contribution in [0.2, 0.25) is 0 Å². The summed E-state index contributed by atoms with van der Waals surface area (Å²) in [7, 11) is -4.57. The fourth-order valence-electron chi connectivity index (χ4n) is 2.96. The second-order valence-electron chi connectivity index (χ2n) is 6.83. The normalized spacial score (nSPS) is 18.0. The van der Waals surface area contributed by atoms with Crippen molar-refractivity contribution in [3.63, 3.8) is 0 Å². The molecule has 5 rings (SSSR count). The zero-order valence-electron chi connectivity index (χ0n) is 17.2. The van der Waals surface area contributed by atoms with Gasteiger partial charge in [-0.3, -0.25) is 0 Å². The Morgan fingerprint density at radius 2 is 1.20 bits per heavy atom. The molecule has 0 saturated carbocycles. The minimum atomic E-state index is -2.29. The van der Waals surface area contributed by atoms with E-state index in [0.29, 0.717) is 3.57 Å². The van der Waals surface area contributed by atoms with Crippen molar-refractivity contribution in [1.29, 1.82) is 0 Å². The summed E-state index contributed by atoms with van der Waals surface area (Å²) in [5.74, 6) is -2.40. The van der Waals surface area contributed by atoms with E-state index < -0.39 is 41.1 Å². The maximum absolute atomic E-state index is 12.5. The molecule has 0 N–H and O–H groups in total. The molecular weight excluding hydrogens is 613 g/mol. The number of para-hydroxylation sites is 2. The van der Waals surface area contributed by atoms with Crippen LogP contribution in [0.4, 0.5) is 0 Å². The van der Waals surface area contributed by atoms with Gasteiger partial charge in [-0.2, -0.15) is 0 Å². The molecule has 2 atom stereocenters. The molecule has 2 aliphatic rings. The van der Waals surface area contributed by atoms with Crippen molar-refractivity contribution in [3.8, 4) is 11.5 Å². The summed E-state index contributed by atoms with van der Waals surface area (Å²) in [5.41, 5.74) is 0.638. The second kappa shape index (κ2) is 9.77. The number of benzene rings is 3. The molecule has 0 fully saturated rings. The monoisotopic (exact) mass is 624 g/mol. The number of hydrogen-bond donors (Lipinski definition) is 0. The highest BCUT2D eigenvalue weighted by atomic mass is 127. The number of fused-ring (bicyclic) bond motifs is 2. The smallest absolute Gasteiger partial charge is 0.407 e. The Balaban J connectivity index is 1.21. The van der Waals surface area contributed by atoms with Crippen LogP contribution in [-0.2, 0) is 18.1 Å².